The van der Waals surface area contributed by atoms with E-state index in [4.69, 9.17) is 4.74 Å². The van der Waals surface area contributed by atoms with Crippen molar-refractivity contribution < 1.29 is 27.4 Å². The molecule has 32 heavy (non-hydrogen) atoms. The molecule has 4 nitrogen and oxygen atoms in total. The van der Waals surface area contributed by atoms with Crippen LogP contribution in [-0.2, 0) is 9.53 Å². The highest BCUT2D eigenvalue weighted by molar-refractivity contribution is 5.81. The first-order valence-corrected chi connectivity index (χ1v) is 11.1. The normalized spacial score (nSPS) is 13.5. The van der Waals surface area contributed by atoms with Crippen LogP contribution < -0.4 is 10.1 Å². The van der Waals surface area contributed by atoms with E-state index in [2.05, 4.69) is 23.9 Å². The van der Waals surface area contributed by atoms with E-state index in [1.54, 1.807) is 30.3 Å². The maximum Gasteiger partial charge on any atom is 0.573 e. The minimum atomic E-state index is -4.79. The average molecular weight is 452 g/mol. The molecule has 0 spiro atoms. The molecular formula is C25H32F3NO3. The molecule has 0 heterocycles. The van der Waals surface area contributed by atoms with Crippen molar-refractivity contribution in [3.8, 4) is 5.75 Å². The highest BCUT2D eigenvalue weighted by Gasteiger charge is 2.32. The van der Waals surface area contributed by atoms with Gasteiger partial charge in [-0.3, -0.25) is 0 Å². The number of benzene rings is 2. The molecule has 0 radical (unpaired) electrons. The summed E-state index contributed by atoms with van der Waals surface area (Å²) < 4.78 is 47.7. The number of anilines is 1. The zero-order valence-corrected chi connectivity index (χ0v) is 18.8. The molecule has 0 saturated heterocycles. The standard InChI is InChI=1S/C25H32F3NO3/c1-4-11-18(12-5-2)22(6-3)31-24(30)23(19-13-8-7-9-14-19)29-20-15-10-16-21(17-20)32-25(26,27)28/h7-10,13-18,22-23,29H,4-6,11-12H2,1-3H3/t22-,23?/m0/s1. The number of nitrogens with one attached hydrogen (secondary N) is 1. The molecule has 1 unspecified atom stereocenters. The highest BCUT2D eigenvalue weighted by Crippen LogP contribution is 2.29. The molecule has 0 aliphatic heterocycles. The van der Waals surface area contributed by atoms with Gasteiger partial charge in [-0.2, -0.15) is 0 Å². The van der Waals surface area contributed by atoms with Crippen LogP contribution in [0.4, 0.5) is 18.9 Å². The van der Waals surface area contributed by atoms with Gasteiger partial charge in [-0.25, -0.2) is 4.79 Å². The van der Waals surface area contributed by atoms with Crippen LogP contribution >= 0.6 is 0 Å². The summed E-state index contributed by atoms with van der Waals surface area (Å²) in [5.41, 5.74) is 0.987. The smallest absolute Gasteiger partial charge is 0.460 e. The van der Waals surface area contributed by atoms with Gasteiger partial charge in [-0.15, -0.1) is 13.2 Å². The molecule has 0 aromatic heterocycles. The Bertz CT molecular complexity index is 821. The quantitative estimate of drug-likeness (QED) is 0.345. The third kappa shape index (κ3) is 8.09. The largest absolute Gasteiger partial charge is 0.573 e. The Hall–Kier alpha value is -2.70. The predicted molar refractivity (Wildman–Crippen MR) is 119 cm³/mol. The number of halogens is 3. The lowest BCUT2D eigenvalue weighted by molar-refractivity contribution is -0.274. The van der Waals surface area contributed by atoms with Gasteiger partial charge in [0.1, 0.15) is 11.9 Å². The summed E-state index contributed by atoms with van der Waals surface area (Å²) in [6.07, 6.45) is -0.351. The van der Waals surface area contributed by atoms with Crippen molar-refractivity contribution in [2.24, 2.45) is 5.92 Å². The second-order valence-corrected chi connectivity index (χ2v) is 7.78. The van der Waals surface area contributed by atoms with E-state index in [0.717, 1.165) is 25.7 Å². The van der Waals surface area contributed by atoms with Crippen LogP contribution in [0.15, 0.2) is 54.6 Å². The number of hydrogen-bond acceptors (Lipinski definition) is 4. The Labute approximate surface area is 188 Å². The SMILES string of the molecule is CCCC(CCC)[C@H](CC)OC(=O)C(Nc1cccc(OC(F)(F)F)c1)c1ccccc1. The molecule has 2 aromatic rings. The summed E-state index contributed by atoms with van der Waals surface area (Å²) in [6.45, 7) is 6.22. The molecule has 0 aliphatic carbocycles. The molecule has 0 saturated carbocycles. The average Bonchev–Trinajstić information content (AvgIpc) is 2.75. The maximum atomic E-state index is 13.2. The number of esters is 1. The van der Waals surface area contributed by atoms with E-state index in [-0.39, 0.29) is 17.8 Å². The highest BCUT2D eigenvalue weighted by atomic mass is 19.4. The van der Waals surface area contributed by atoms with Crippen molar-refractivity contribution in [1.29, 1.82) is 0 Å². The molecule has 2 aromatic carbocycles. The van der Waals surface area contributed by atoms with E-state index in [0.29, 0.717) is 17.7 Å². The minimum absolute atomic E-state index is 0.213. The van der Waals surface area contributed by atoms with Gasteiger partial charge in [0.15, 0.2) is 6.04 Å². The van der Waals surface area contributed by atoms with Crippen molar-refractivity contribution in [3.05, 3.63) is 60.2 Å². The molecular weight excluding hydrogens is 419 g/mol. The van der Waals surface area contributed by atoms with Gasteiger partial charge >= 0.3 is 12.3 Å². The summed E-state index contributed by atoms with van der Waals surface area (Å²) in [5, 5.41) is 3.03. The van der Waals surface area contributed by atoms with Crippen molar-refractivity contribution in [3.63, 3.8) is 0 Å². The number of hydrogen-bond donors (Lipinski definition) is 1. The second-order valence-electron chi connectivity index (χ2n) is 7.78. The lowest BCUT2D eigenvalue weighted by Crippen LogP contribution is -2.32. The van der Waals surface area contributed by atoms with Gasteiger partial charge in [0, 0.05) is 11.8 Å². The third-order valence-electron chi connectivity index (χ3n) is 5.26. The van der Waals surface area contributed by atoms with Crippen LogP contribution in [0.5, 0.6) is 5.75 Å². The van der Waals surface area contributed by atoms with Gasteiger partial charge < -0.3 is 14.8 Å². The van der Waals surface area contributed by atoms with Crippen molar-refractivity contribution in [2.75, 3.05) is 5.32 Å². The maximum absolute atomic E-state index is 13.2. The molecule has 176 valence electrons. The Morgan fingerprint density at radius 3 is 2.19 bits per heavy atom. The zero-order valence-electron chi connectivity index (χ0n) is 18.8. The van der Waals surface area contributed by atoms with Gasteiger partial charge in [0.25, 0.3) is 0 Å². The van der Waals surface area contributed by atoms with Crippen molar-refractivity contribution >= 4 is 11.7 Å². The first-order chi connectivity index (χ1) is 15.3. The van der Waals surface area contributed by atoms with Crippen LogP contribution in [0.1, 0.15) is 64.5 Å². The molecule has 0 fully saturated rings. The van der Waals surface area contributed by atoms with Gasteiger partial charge in [-0.05, 0) is 42.9 Å². The minimum Gasteiger partial charge on any atom is -0.460 e. The Morgan fingerprint density at radius 1 is 0.969 bits per heavy atom. The number of ether oxygens (including phenoxy) is 2. The first-order valence-electron chi connectivity index (χ1n) is 11.1. The van der Waals surface area contributed by atoms with Crippen LogP contribution in [0, 0.1) is 5.92 Å². The molecule has 7 heteroatoms. The topological polar surface area (TPSA) is 47.6 Å². The van der Waals surface area contributed by atoms with Crippen LogP contribution in [0.3, 0.4) is 0 Å². The van der Waals surface area contributed by atoms with E-state index in [9.17, 15) is 18.0 Å². The van der Waals surface area contributed by atoms with E-state index >= 15 is 0 Å². The number of alkyl halides is 3. The Kier molecular flexibility index (Phi) is 9.88. The summed E-state index contributed by atoms with van der Waals surface area (Å²) in [7, 11) is 0. The fourth-order valence-corrected chi connectivity index (χ4v) is 3.86. The van der Waals surface area contributed by atoms with Gasteiger partial charge in [0.2, 0.25) is 0 Å². The third-order valence-corrected chi connectivity index (χ3v) is 5.26. The molecule has 0 amide bonds. The fourth-order valence-electron chi connectivity index (χ4n) is 3.86. The van der Waals surface area contributed by atoms with Crippen molar-refractivity contribution in [2.45, 2.75) is 71.4 Å². The van der Waals surface area contributed by atoms with Gasteiger partial charge in [-0.1, -0.05) is 70.0 Å². The molecule has 1 N–H and O–H groups in total. The Morgan fingerprint density at radius 2 is 1.62 bits per heavy atom. The van der Waals surface area contributed by atoms with Crippen LogP contribution in [0.2, 0.25) is 0 Å². The van der Waals surface area contributed by atoms with Crippen LogP contribution in [-0.4, -0.2) is 18.4 Å². The van der Waals surface area contributed by atoms with Crippen molar-refractivity contribution in [1.82, 2.24) is 0 Å². The van der Waals surface area contributed by atoms with E-state index < -0.39 is 18.4 Å². The monoisotopic (exact) mass is 451 g/mol. The van der Waals surface area contributed by atoms with E-state index in [1.807, 2.05) is 13.0 Å². The summed E-state index contributed by atoms with van der Waals surface area (Å²) in [6, 6.07) is 13.6. The number of rotatable bonds is 12. The summed E-state index contributed by atoms with van der Waals surface area (Å²) in [4.78, 5) is 13.2. The van der Waals surface area contributed by atoms with E-state index in [1.165, 1.54) is 18.2 Å². The lowest BCUT2D eigenvalue weighted by Gasteiger charge is -2.28. The lowest BCUT2D eigenvalue weighted by atomic mass is 9.91. The zero-order chi connectivity index (χ0) is 23.6. The molecule has 0 bridgehead atoms. The summed E-state index contributed by atoms with van der Waals surface area (Å²) in [5.74, 6) is -0.540. The number of carbonyl (C=O) groups excluding carboxylic acids is 1. The number of carbonyl (C=O) groups is 1. The Balaban J connectivity index is 2.26. The fraction of sp³-hybridized carbons (Fsp3) is 0.480. The predicted octanol–water partition coefficient (Wildman–Crippen LogP) is 7.28. The molecule has 0 aliphatic rings. The summed E-state index contributed by atoms with van der Waals surface area (Å²) >= 11 is 0. The second kappa shape index (κ2) is 12.4. The molecule has 2 rings (SSSR count). The van der Waals surface area contributed by atoms with Gasteiger partial charge in [0.05, 0.1) is 0 Å². The molecule has 2 atom stereocenters. The first kappa shape index (κ1) is 25.6. The van der Waals surface area contributed by atoms with Crippen LogP contribution in [0.25, 0.3) is 0 Å².